The van der Waals surface area contributed by atoms with Crippen molar-refractivity contribution in [2.45, 2.75) is 121 Å². The van der Waals surface area contributed by atoms with Gasteiger partial charge in [0.2, 0.25) is 11.6 Å². The number of methoxy groups -OCH3 is 3. The molecule has 0 spiro atoms. The lowest BCUT2D eigenvalue weighted by Crippen LogP contribution is -2.74. The maximum absolute atomic E-state index is 12.5. The zero-order valence-electron chi connectivity index (χ0n) is 29.2. The Balaban J connectivity index is 2.19. The van der Waals surface area contributed by atoms with E-state index in [2.05, 4.69) is 0 Å². The molecule has 3 saturated heterocycles. The second-order valence-corrected chi connectivity index (χ2v) is 11.7. The first kappa shape index (κ1) is 41.4. The molecule has 2 N–H and O–H groups in total. The van der Waals surface area contributed by atoms with Crippen molar-refractivity contribution < 1.29 is 95.8 Å². The Labute approximate surface area is 287 Å². The van der Waals surface area contributed by atoms with Gasteiger partial charge in [-0.3, -0.25) is 19.2 Å². The van der Waals surface area contributed by atoms with Crippen LogP contribution in [-0.4, -0.2) is 160 Å². The zero-order valence-corrected chi connectivity index (χ0v) is 29.2. The lowest BCUT2D eigenvalue weighted by Gasteiger charge is -2.57. The van der Waals surface area contributed by atoms with Gasteiger partial charge in [0.05, 0.1) is 20.3 Å². The number of aliphatic hydroxyl groups excluding tert-OH is 2. The molecule has 0 aromatic carbocycles. The molecule has 0 bridgehead atoms. The highest BCUT2D eigenvalue weighted by molar-refractivity contribution is 5.74. The van der Waals surface area contributed by atoms with E-state index < -0.39 is 129 Å². The summed E-state index contributed by atoms with van der Waals surface area (Å²) in [6, 6.07) is 0. The van der Waals surface area contributed by atoms with E-state index >= 15 is 0 Å². The summed E-state index contributed by atoms with van der Waals surface area (Å²) in [5.74, 6) is -7.66. The Hall–Kier alpha value is -3.05. The molecule has 50 heavy (non-hydrogen) atoms. The van der Waals surface area contributed by atoms with Gasteiger partial charge in [0.1, 0.15) is 37.1 Å². The summed E-state index contributed by atoms with van der Waals surface area (Å²) in [5, 5.41) is 20.3. The molecule has 0 aliphatic carbocycles. The highest BCUT2D eigenvalue weighted by atomic mass is 16.8. The maximum Gasteiger partial charge on any atom is 0.337 e. The van der Waals surface area contributed by atoms with Crippen molar-refractivity contribution in [3.05, 3.63) is 0 Å². The molecule has 20 heteroatoms. The molecule has 0 radical (unpaired) electrons. The molecule has 3 heterocycles. The second-order valence-electron chi connectivity index (χ2n) is 11.7. The Kier molecular flexibility index (Phi) is 14.4. The second kappa shape index (κ2) is 17.4. The van der Waals surface area contributed by atoms with Crippen LogP contribution in [0.15, 0.2) is 0 Å². The Morgan fingerprint density at radius 3 is 1.68 bits per heavy atom. The molecule has 3 rings (SSSR count). The molecule has 3 aliphatic heterocycles. The quantitative estimate of drug-likeness (QED) is 0.149. The van der Waals surface area contributed by atoms with E-state index in [1.807, 2.05) is 0 Å². The number of hydrogen-bond acceptors (Lipinski definition) is 20. The summed E-state index contributed by atoms with van der Waals surface area (Å²) < 4.78 is 74.5. The van der Waals surface area contributed by atoms with Crippen LogP contribution in [0.3, 0.4) is 0 Å². The smallest absolute Gasteiger partial charge is 0.337 e. The summed E-state index contributed by atoms with van der Waals surface area (Å²) in [4.78, 5) is 61.2. The molecular formula is C30H46O20. The standard InChI is InChI=1S/C30H46O20/c1-13(33)41-12-19-20(42-14(2)34)22(43-15(3)35)24(44-16(4)36)28(47-19)48-25-23-21(49-29(5,39-8)30(6,40-9)50-23)17(10-31)45-27(25)46-18(11-32)26(37)38-7/h17-25,27-28,31-32H,10-12H2,1-9H3/t17-,18-,19-,20-,21-,22+,23+,24+,25-,27-,28-,29+,30+/m1/s1. The van der Waals surface area contributed by atoms with Crippen molar-refractivity contribution in [1.29, 1.82) is 0 Å². The number of esters is 5. The predicted octanol–water partition coefficient (Wildman–Crippen LogP) is -1.77. The van der Waals surface area contributed by atoms with Crippen LogP contribution in [0.4, 0.5) is 0 Å². The summed E-state index contributed by atoms with van der Waals surface area (Å²) in [5.41, 5.74) is 0. The van der Waals surface area contributed by atoms with E-state index in [1.54, 1.807) is 0 Å². The van der Waals surface area contributed by atoms with Gasteiger partial charge in [-0.1, -0.05) is 0 Å². The number of aliphatic hydroxyl groups is 2. The number of hydrogen-bond donors (Lipinski definition) is 2. The Morgan fingerprint density at radius 1 is 0.680 bits per heavy atom. The van der Waals surface area contributed by atoms with E-state index in [9.17, 15) is 34.2 Å². The number of carbonyl (C=O) groups is 5. The van der Waals surface area contributed by atoms with E-state index in [-0.39, 0.29) is 0 Å². The average Bonchev–Trinajstić information content (AvgIpc) is 3.05. The van der Waals surface area contributed by atoms with Crippen molar-refractivity contribution in [2.75, 3.05) is 41.2 Å². The van der Waals surface area contributed by atoms with E-state index in [0.717, 1.165) is 34.8 Å². The third-order valence-corrected chi connectivity index (χ3v) is 8.26. The van der Waals surface area contributed by atoms with Crippen molar-refractivity contribution >= 4 is 29.8 Å². The monoisotopic (exact) mass is 726 g/mol. The fraction of sp³-hybridized carbons (Fsp3) is 0.833. The highest BCUT2D eigenvalue weighted by Gasteiger charge is 2.64. The maximum atomic E-state index is 12.5. The topological polar surface area (TPSA) is 246 Å². The number of rotatable bonds is 14. The van der Waals surface area contributed by atoms with Gasteiger partial charge in [0, 0.05) is 41.9 Å². The molecular weight excluding hydrogens is 680 g/mol. The zero-order chi connectivity index (χ0) is 37.6. The average molecular weight is 727 g/mol. The fourth-order valence-corrected chi connectivity index (χ4v) is 5.68. The van der Waals surface area contributed by atoms with Crippen molar-refractivity contribution in [3.8, 4) is 0 Å². The van der Waals surface area contributed by atoms with Gasteiger partial charge in [-0.05, 0) is 13.8 Å². The van der Waals surface area contributed by atoms with Crippen LogP contribution in [0.1, 0.15) is 41.5 Å². The molecule has 20 nitrogen and oxygen atoms in total. The molecule has 0 aromatic rings. The Bertz CT molecular complexity index is 1210. The van der Waals surface area contributed by atoms with Gasteiger partial charge in [-0.2, -0.15) is 0 Å². The summed E-state index contributed by atoms with van der Waals surface area (Å²) in [7, 11) is 3.70. The van der Waals surface area contributed by atoms with Gasteiger partial charge in [-0.25, -0.2) is 4.79 Å². The van der Waals surface area contributed by atoms with Crippen LogP contribution in [-0.2, 0) is 85.6 Å². The first-order valence-electron chi connectivity index (χ1n) is 15.5. The van der Waals surface area contributed by atoms with Gasteiger partial charge >= 0.3 is 29.8 Å². The third-order valence-electron chi connectivity index (χ3n) is 8.26. The van der Waals surface area contributed by atoms with Gasteiger partial charge < -0.3 is 71.8 Å². The molecule has 0 aromatic heterocycles. The third kappa shape index (κ3) is 9.24. The van der Waals surface area contributed by atoms with E-state index in [0.29, 0.717) is 0 Å². The minimum Gasteiger partial charge on any atom is -0.467 e. The van der Waals surface area contributed by atoms with Gasteiger partial charge in [0.15, 0.2) is 37.0 Å². The predicted molar refractivity (Wildman–Crippen MR) is 157 cm³/mol. The largest absolute Gasteiger partial charge is 0.467 e. The highest BCUT2D eigenvalue weighted by Crippen LogP contribution is 2.45. The van der Waals surface area contributed by atoms with E-state index in [1.165, 1.54) is 28.1 Å². The van der Waals surface area contributed by atoms with Crippen LogP contribution in [0, 0.1) is 0 Å². The van der Waals surface area contributed by atoms with Crippen LogP contribution in [0.2, 0.25) is 0 Å². The van der Waals surface area contributed by atoms with Crippen molar-refractivity contribution in [2.24, 2.45) is 0 Å². The SMILES string of the molecule is COC(=O)[C@@H](CO)O[C@H]1O[C@H](CO)[C@H]2O[C@](C)(OC)[C@@](C)(OC)O[C@@H]2[C@H]1O[C@H]1O[C@H](COC(C)=O)[C@@H](OC(C)=O)[C@H](OC(C)=O)[C@@H]1OC(C)=O. The molecule has 286 valence electrons. The molecule has 3 fully saturated rings. The van der Waals surface area contributed by atoms with Crippen LogP contribution < -0.4 is 0 Å². The molecule has 0 saturated carbocycles. The minimum absolute atomic E-state index is 0.556. The number of carbonyl (C=O) groups excluding carboxylic acids is 5. The molecule has 3 aliphatic rings. The van der Waals surface area contributed by atoms with Gasteiger partial charge in [-0.15, -0.1) is 0 Å². The van der Waals surface area contributed by atoms with Crippen LogP contribution in [0.5, 0.6) is 0 Å². The Morgan fingerprint density at radius 2 is 1.20 bits per heavy atom. The first-order chi connectivity index (χ1) is 23.5. The minimum atomic E-state index is -1.78. The number of fused-ring (bicyclic) bond motifs is 1. The normalized spacial score (nSPS) is 37.4. The molecule has 0 amide bonds. The summed E-state index contributed by atoms with van der Waals surface area (Å²) >= 11 is 0. The van der Waals surface area contributed by atoms with E-state index in [4.69, 9.17) is 61.6 Å². The lowest BCUT2D eigenvalue weighted by molar-refractivity contribution is -0.487. The van der Waals surface area contributed by atoms with Crippen LogP contribution in [0.25, 0.3) is 0 Å². The molecule has 13 atom stereocenters. The lowest BCUT2D eigenvalue weighted by atomic mass is 9.93. The summed E-state index contributed by atoms with van der Waals surface area (Å²) in [6.45, 7) is 5.15. The summed E-state index contributed by atoms with van der Waals surface area (Å²) in [6.07, 6.45) is -16.7. The molecule has 0 unspecified atom stereocenters. The first-order valence-corrected chi connectivity index (χ1v) is 15.5. The van der Waals surface area contributed by atoms with Gasteiger partial charge in [0.25, 0.3) is 0 Å². The van der Waals surface area contributed by atoms with Crippen LogP contribution >= 0.6 is 0 Å². The fourth-order valence-electron chi connectivity index (χ4n) is 5.68. The number of ether oxygens (including phenoxy) is 13. The van der Waals surface area contributed by atoms with Crippen molar-refractivity contribution in [1.82, 2.24) is 0 Å². The van der Waals surface area contributed by atoms with Crippen molar-refractivity contribution in [3.63, 3.8) is 0 Å².